The molecule has 1 unspecified atom stereocenters. The first kappa shape index (κ1) is 15.0. The highest BCUT2D eigenvalue weighted by atomic mass is 32.2. The van der Waals surface area contributed by atoms with Crippen molar-refractivity contribution in [2.45, 2.75) is 18.1 Å². The largest absolute Gasteiger partial charge is 0.364 e. The minimum atomic E-state index is -3.16. The molecule has 3 rings (SSSR count). The lowest BCUT2D eigenvalue weighted by atomic mass is 9.97. The Bertz CT molecular complexity index is 749. The highest BCUT2D eigenvalue weighted by Crippen LogP contribution is 2.27. The van der Waals surface area contributed by atoms with Crippen molar-refractivity contribution in [2.75, 3.05) is 18.8 Å². The minimum Gasteiger partial charge on any atom is -0.364 e. The van der Waals surface area contributed by atoms with Crippen molar-refractivity contribution in [1.82, 2.24) is 4.90 Å². The number of nitrogens with zero attached hydrogens (tertiary/aromatic N) is 1. The fourth-order valence-corrected chi connectivity index (χ4v) is 4.45. The van der Waals surface area contributed by atoms with Crippen LogP contribution in [-0.2, 0) is 21.1 Å². The average Bonchev–Trinajstić information content (AvgIpc) is 2.81. The summed E-state index contributed by atoms with van der Waals surface area (Å²) >= 11 is 0. The fraction of sp³-hybridized carbons (Fsp3) is 0.353. The zero-order valence-electron chi connectivity index (χ0n) is 12.4. The molecule has 4 nitrogen and oxygen atoms in total. The number of carbonyl (C=O) groups is 1. The minimum absolute atomic E-state index is 0.0503. The van der Waals surface area contributed by atoms with Gasteiger partial charge in [-0.05, 0) is 12.0 Å². The van der Waals surface area contributed by atoms with Gasteiger partial charge in [0.05, 0.1) is 17.5 Å². The molecule has 0 radical (unpaired) electrons. The zero-order valence-corrected chi connectivity index (χ0v) is 13.2. The fourth-order valence-electron chi connectivity index (χ4n) is 3.04. The molecule has 0 spiro atoms. The summed E-state index contributed by atoms with van der Waals surface area (Å²) in [7, 11) is -3.16. The number of rotatable bonds is 4. The number of sulfone groups is 1. The topological polar surface area (TPSA) is 54.5 Å². The van der Waals surface area contributed by atoms with Crippen LogP contribution in [0.1, 0.15) is 17.5 Å². The van der Waals surface area contributed by atoms with E-state index in [4.69, 9.17) is 0 Å². The summed E-state index contributed by atoms with van der Waals surface area (Å²) in [6, 6.07) is 8.06. The third kappa shape index (κ3) is 2.86. The summed E-state index contributed by atoms with van der Waals surface area (Å²) in [6.45, 7) is 5.07. The summed E-state index contributed by atoms with van der Waals surface area (Å²) < 4.78 is 23.5. The van der Waals surface area contributed by atoms with E-state index in [2.05, 4.69) is 12.6 Å². The molecule has 0 aliphatic carbocycles. The molecule has 0 aromatic heterocycles. The van der Waals surface area contributed by atoms with E-state index in [0.717, 1.165) is 24.2 Å². The monoisotopic (exact) mass is 317 g/mol. The molecule has 0 bridgehead atoms. The van der Waals surface area contributed by atoms with Gasteiger partial charge >= 0.3 is 0 Å². The Balaban J connectivity index is 1.66. The predicted octanol–water partition coefficient (Wildman–Crippen LogP) is 1.83. The number of ketones is 1. The molecule has 116 valence electrons. The van der Waals surface area contributed by atoms with Gasteiger partial charge in [-0.25, -0.2) is 8.42 Å². The maximum absolute atomic E-state index is 12.2. The molecule has 0 fully saturated rings. The predicted molar refractivity (Wildman–Crippen MR) is 87.1 cm³/mol. The van der Waals surface area contributed by atoms with Crippen LogP contribution in [0.2, 0.25) is 0 Å². The van der Waals surface area contributed by atoms with E-state index in [-0.39, 0.29) is 24.5 Å². The van der Waals surface area contributed by atoms with Crippen molar-refractivity contribution in [3.05, 3.63) is 54.1 Å². The molecule has 2 aliphatic heterocycles. The van der Waals surface area contributed by atoms with Gasteiger partial charge in [0, 0.05) is 24.2 Å². The average molecular weight is 317 g/mol. The van der Waals surface area contributed by atoms with E-state index in [1.807, 2.05) is 23.1 Å². The Kier molecular flexibility index (Phi) is 3.91. The molecule has 0 saturated heterocycles. The van der Waals surface area contributed by atoms with Gasteiger partial charge < -0.3 is 4.90 Å². The van der Waals surface area contributed by atoms with Crippen LogP contribution in [0, 0.1) is 0 Å². The van der Waals surface area contributed by atoms with Crippen LogP contribution < -0.4 is 0 Å². The molecule has 2 aliphatic rings. The number of benzene rings is 1. The normalized spacial score (nSPS) is 22.6. The summed E-state index contributed by atoms with van der Waals surface area (Å²) in [5.74, 6) is -0.00461. The van der Waals surface area contributed by atoms with Crippen molar-refractivity contribution in [3.8, 4) is 0 Å². The number of hydrogen-bond acceptors (Lipinski definition) is 4. The molecule has 1 aromatic carbocycles. The maximum Gasteiger partial charge on any atom is 0.160 e. The van der Waals surface area contributed by atoms with E-state index in [0.29, 0.717) is 0 Å². The van der Waals surface area contributed by atoms with Gasteiger partial charge in [-0.2, -0.15) is 0 Å². The van der Waals surface area contributed by atoms with Gasteiger partial charge in [-0.15, -0.1) is 0 Å². The van der Waals surface area contributed by atoms with Gasteiger partial charge in [0.1, 0.15) is 0 Å². The SMILES string of the molecule is C=C1c2ccccc2CCN1CC(=O)CC1C=CCS1(=O)=O. The first-order chi connectivity index (χ1) is 10.5. The highest BCUT2D eigenvalue weighted by molar-refractivity contribution is 7.92. The van der Waals surface area contributed by atoms with Crippen LogP contribution in [0.5, 0.6) is 0 Å². The van der Waals surface area contributed by atoms with Crippen molar-refractivity contribution in [1.29, 1.82) is 0 Å². The molecule has 22 heavy (non-hydrogen) atoms. The Morgan fingerprint density at radius 3 is 2.82 bits per heavy atom. The van der Waals surface area contributed by atoms with Crippen molar-refractivity contribution >= 4 is 21.3 Å². The molecule has 5 heteroatoms. The third-order valence-corrected chi connectivity index (χ3v) is 6.20. The van der Waals surface area contributed by atoms with Crippen LogP contribution in [0.4, 0.5) is 0 Å². The molecular formula is C17H19NO3S. The summed E-state index contributed by atoms with van der Waals surface area (Å²) in [4.78, 5) is 14.2. The molecular weight excluding hydrogens is 298 g/mol. The van der Waals surface area contributed by atoms with Gasteiger partial charge in [0.2, 0.25) is 0 Å². The Morgan fingerprint density at radius 2 is 2.09 bits per heavy atom. The van der Waals surface area contributed by atoms with E-state index in [1.54, 1.807) is 12.2 Å². The standard InChI is InChI=1S/C17H19NO3S/c1-13-17-7-3-2-5-14(17)8-9-18(13)12-15(19)11-16-6-4-10-22(16,20)21/h2-7,16H,1,8-12H2. The molecule has 0 N–H and O–H groups in total. The maximum atomic E-state index is 12.2. The quantitative estimate of drug-likeness (QED) is 0.795. The lowest BCUT2D eigenvalue weighted by molar-refractivity contribution is -0.119. The van der Waals surface area contributed by atoms with Crippen LogP contribution >= 0.6 is 0 Å². The Labute approximate surface area is 131 Å². The van der Waals surface area contributed by atoms with Crippen LogP contribution in [0.25, 0.3) is 5.70 Å². The zero-order chi connectivity index (χ0) is 15.7. The lowest BCUT2D eigenvalue weighted by Crippen LogP contribution is -2.35. The second-order valence-corrected chi connectivity index (χ2v) is 8.08. The summed E-state index contributed by atoms with van der Waals surface area (Å²) in [6.07, 6.45) is 4.20. The van der Waals surface area contributed by atoms with Gasteiger partial charge in [0.25, 0.3) is 0 Å². The highest BCUT2D eigenvalue weighted by Gasteiger charge is 2.29. The molecule has 0 saturated carbocycles. The van der Waals surface area contributed by atoms with E-state index < -0.39 is 15.1 Å². The van der Waals surface area contributed by atoms with Gasteiger partial charge in [0.15, 0.2) is 15.6 Å². The number of carbonyl (C=O) groups excluding carboxylic acids is 1. The van der Waals surface area contributed by atoms with Crippen LogP contribution in [-0.4, -0.2) is 43.2 Å². The molecule has 1 aromatic rings. The Hall–Kier alpha value is -1.88. The number of fused-ring (bicyclic) bond motifs is 1. The molecule has 0 amide bonds. The molecule has 2 heterocycles. The van der Waals surface area contributed by atoms with E-state index in [9.17, 15) is 13.2 Å². The smallest absolute Gasteiger partial charge is 0.160 e. The van der Waals surface area contributed by atoms with Crippen LogP contribution in [0.3, 0.4) is 0 Å². The lowest BCUT2D eigenvalue weighted by Gasteiger charge is -2.32. The van der Waals surface area contributed by atoms with E-state index >= 15 is 0 Å². The molecule has 1 atom stereocenters. The Morgan fingerprint density at radius 1 is 1.32 bits per heavy atom. The van der Waals surface area contributed by atoms with Gasteiger partial charge in [-0.1, -0.05) is 43.0 Å². The summed E-state index contributed by atoms with van der Waals surface area (Å²) in [5.41, 5.74) is 3.17. The first-order valence-corrected chi connectivity index (χ1v) is 9.11. The number of hydrogen-bond donors (Lipinski definition) is 0. The van der Waals surface area contributed by atoms with Crippen LogP contribution in [0.15, 0.2) is 43.0 Å². The summed E-state index contributed by atoms with van der Waals surface area (Å²) in [5, 5.41) is -0.648. The van der Waals surface area contributed by atoms with Crippen molar-refractivity contribution in [3.63, 3.8) is 0 Å². The van der Waals surface area contributed by atoms with Crippen molar-refractivity contribution < 1.29 is 13.2 Å². The second-order valence-electron chi connectivity index (χ2n) is 5.81. The van der Waals surface area contributed by atoms with Gasteiger partial charge in [-0.3, -0.25) is 4.79 Å². The second kappa shape index (κ2) is 5.72. The van der Waals surface area contributed by atoms with Crippen molar-refractivity contribution in [2.24, 2.45) is 0 Å². The first-order valence-electron chi connectivity index (χ1n) is 7.39. The third-order valence-electron chi connectivity index (χ3n) is 4.30. The van der Waals surface area contributed by atoms with E-state index in [1.165, 1.54) is 5.56 Å². The number of Topliss-reactive ketones (excluding diaryl/α,β-unsaturated/α-hetero) is 1.